The molecule has 0 spiro atoms. The summed E-state index contributed by atoms with van der Waals surface area (Å²) >= 11 is 0. The average molecular weight is 663 g/mol. The monoisotopic (exact) mass is 662 g/mol. The molecule has 0 aliphatic heterocycles. The number of fused-ring (bicyclic) bond motifs is 5. The van der Waals surface area contributed by atoms with Gasteiger partial charge in [-0.1, -0.05) is 140 Å². The van der Waals surface area contributed by atoms with Gasteiger partial charge in [-0.25, -0.2) is 0 Å². The van der Waals surface area contributed by atoms with Gasteiger partial charge < -0.3 is 9.47 Å². The van der Waals surface area contributed by atoms with Gasteiger partial charge in [0, 0.05) is 33.5 Å². The van der Waals surface area contributed by atoms with Crippen molar-refractivity contribution in [3.05, 3.63) is 206 Å². The van der Waals surface area contributed by atoms with Crippen LogP contribution in [-0.4, -0.2) is 4.57 Å². The van der Waals surface area contributed by atoms with Crippen molar-refractivity contribution in [2.75, 3.05) is 4.90 Å². The molecule has 0 bridgehead atoms. The zero-order valence-corrected chi connectivity index (χ0v) is 28.5. The maximum atomic E-state index is 2.42. The van der Waals surface area contributed by atoms with Crippen LogP contribution >= 0.6 is 0 Å². The highest BCUT2D eigenvalue weighted by molar-refractivity contribution is 6.13. The third-order valence-electron chi connectivity index (χ3n) is 10.3. The van der Waals surface area contributed by atoms with Crippen LogP contribution in [0.2, 0.25) is 0 Å². The Hall–Kier alpha value is -6.90. The van der Waals surface area contributed by atoms with Crippen LogP contribution in [-0.2, 0) is 0 Å². The molecule has 2 nitrogen and oxygen atoms in total. The molecule has 1 aromatic heterocycles. The van der Waals surface area contributed by atoms with Crippen LogP contribution in [0.25, 0.3) is 71.3 Å². The van der Waals surface area contributed by atoms with Gasteiger partial charge in [-0.2, -0.15) is 0 Å². The highest BCUT2D eigenvalue weighted by atomic mass is 15.1. The summed E-state index contributed by atoms with van der Waals surface area (Å²) in [6.07, 6.45) is 0. The summed E-state index contributed by atoms with van der Waals surface area (Å²) < 4.78 is 2.42. The quantitative estimate of drug-likeness (QED) is 0.172. The second-order valence-corrected chi connectivity index (χ2v) is 13.4. The molecule has 0 aliphatic carbocycles. The molecule has 0 fully saturated rings. The fraction of sp³-hybridized carbons (Fsp3) is 0. The van der Waals surface area contributed by atoms with Crippen LogP contribution in [0.5, 0.6) is 0 Å². The van der Waals surface area contributed by atoms with E-state index in [9.17, 15) is 0 Å². The lowest BCUT2D eigenvalue weighted by molar-refractivity contribution is 1.17. The zero-order valence-electron chi connectivity index (χ0n) is 28.5. The maximum Gasteiger partial charge on any atom is 0.0547 e. The Morgan fingerprint density at radius 3 is 1.67 bits per heavy atom. The molecule has 10 aromatic rings. The van der Waals surface area contributed by atoms with Gasteiger partial charge in [0.2, 0.25) is 0 Å². The largest absolute Gasteiger partial charge is 0.310 e. The normalized spacial score (nSPS) is 11.5. The number of hydrogen-bond donors (Lipinski definition) is 0. The standard InChI is InChI=1S/C50H34N2/c1-2-12-35(13-3-1)39-18-10-19-44(31-39)51(43-28-26-37(27-29-43)42-25-24-36-14-4-5-15-38(36)30-42)45-20-11-21-46(34-45)52-49-23-9-8-22-47(49)48-32-40-16-6-7-17-41(40)33-50(48)52/h1-34H. The Balaban J connectivity index is 1.14. The van der Waals surface area contributed by atoms with Gasteiger partial charge >= 0.3 is 0 Å². The van der Waals surface area contributed by atoms with Crippen LogP contribution in [0, 0.1) is 0 Å². The molecule has 0 atom stereocenters. The van der Waals surface area contributed by atoms with E-state index in [4.69, 9.17) is 0 Å². The molecule has 0 amide bonds. The second-order valence-electron chi connectivity index (χ2n) is 13.4. The van der Waals surface area contributed by atoms with E-state index < -0.39 is 0 Å². The molecule has 0 radical (unpaired) electrons. The predicted molar refractivity (Wildman–Crippen MR) is 221 cm³/mol. The van der Waals surface area contributed by atoms with Gasteiger partial charge in [-0.3, -0.25) is 0 Å². The van der Waals surface area contributed by atoms with E-state index in [0.29, 0.717) is 0 Å². The average Bonchev–Trinajstić information content (AvgIpc) is 3.54. The van der Waals surface area contributed by atoms with E-state index in [2.05, 4.69) is 216 Å². The van der Waals surface area contributed by atoms with E-state index in [1.54, 1.807) is 0 Å². The van der Waals surface area contributed by atoms with Crippen molar-refractivity contribution in [1.29, 1.82) is 0 Å². The third kappa shape index (κ3) is 5.21. The van der Waals surface area contributed by atoms with Crippen LogP contribution in [0.1, 0.15) is 0 Å². The lowest BCUT2D eigenvalue weighted by atomic mass is 10.0. The molecule has 0 saturated heterocycles. The summed E-state index contributed by atoms with van der Waals surface area (Å²) in [5.74, 6) is 0. The minimum absolute atomic E-state index is 1.09. The van der Waals surface area contributed by atoms with Gasteiger partial charge in [0.15, 0.2) is 0 Å². The molecule has 0 aliphatic rings. The summed E-state index contributed by atoms with van der Waals surface area (Å²) in [7, 11) is 0. The number of anilines is 3. The van der Waals surface area contributed by atoms with Crippen molar-refractivity contribution in [2.45, 2.75) is 0 Å². The van der Waals surface area contributed by atoms with Gasteiger partial charge in [0.25, 0.3) is 0 Å². The fourth-order valence-corrected chi connectivity index (χ4v) is 7.78. The number of hydrogen-bond acceptors (Lipinski definition) is 1. The van der Waals surface area contributed by atoms with Gasteiger partial charge in [-0.15, -0.1) is 0 Å². The molecule has 2 heteroatoms. The molecule has 0 unspecified atom stereocenters. The van der Waals surface area contributed by atoms with E-state index in [0.717, 1.165) is 22.7 Å². The van der Waals surface area contributed by atoms with Crippen LogP contribution in [0.3, 0.4) is 0 Å². The topological polar surface area (TPSA) is 8.17 Å². The van der Waals surface area contributed by atoms with E-state index in [-0.39, 0.29) is 0 Å². The molecule has 0 N–H and O–H groups in total. The van der Waals surface area contributed by atoms with E-state index >= 15 is 0 Å². The lowest BCUT2D eigenvalue weighted by Crippen LogP contribution is -2.10. The molecular formula is C50H34N2. The Morgan fingerprint density at radius 2 is 0.865 bits per heavy atom. The van der Waals surface area contributed by atoms with Crippen molar-refractivity contribution in [3.8, 4) is 27.9 Å². The van der Waals surface area contributed by atoms with Crippen molar-refractivity contribution < 1.29 is 0 Å². The smallest absolute Gasteiger partial charge is 0.0547 e. The summed E-state index contributed by atoms with van der Waals surface area (Å²) in [6, 6.07) is 74.8. The minimum atomic E-state index is 1.09. The Kier molecular flexibility index (Phi) is 7.18. The number of benzene rings is 9. The minimum Gasteiger partial charge on any atom is -0.310 e. The van der Waals surface area contributed by atoms with Crippen molar-refractivity contribution >= 4 is 60.4 Å². The fourth-order valence-electron chi connectivity index (χ4n) is 7.78. The van der Waals surface area contributed by atoms with Crippen molar-refractivity contribution in [1.82, 2.24) is 4.57 Å². The predicted octanol–water partition coefficient (Wildman–Crippen LogP) is 13.9. The Morgan fingerprint density at radius 1 is 0.288 bits per heavy atom. The molecule has 9 aromatic carbocycles. The lowest BCUT2D eigenvalue weighted by Gasteiger charge is -2.27. The Labute approximate surface area is 303 Å². The Bertz CT molecular complexity index is 2900. The van der Waals surface area contributed by atoms with Gasteiger partial charge in [-0.05, 0) is 111 Å². The van der Waals surface area contributed by atoms with Crippen LogP contribution in [0.15, 0.2) is 206 Å². The molecular weight excluding hydrogens is 629 g/mol. The zero-order chi connectivity index (χ0) is 34.4. The first kappa shape index (κ1) is 30.0. The number of aromatic nitrogens is 1. The second kappa shape index (κ2) is 12.5. The summed E-state index contributed by atoms with van der Waals surface area (Å²) in [5.41, 5.74) is 11.6. The third-order valence-corrected chi connectivity index (χ3v) is 10.3. The first-order chi connectivity index (χ1) is 25.8. The highest BCUT2D eigenvalue weighted by Crippen LogP contribution is 2.40. The van der Waals surface area contributed by atoms with Crippen LogP contribution < -0.4 is 4.90 Å². The summed E-state index contributed by atoms with van der Waals surface area (Å²) in [5, 5.41) is 7.51. The SMILES string of the molecule is c1ccc(-c2cccc(N(c3ccc(-c4ccc5ccccc5c4)cc3)c3cccc(-n4c5ccccc5c5cc6ccccc6cc54)c3)c2)cc1. The molecule has 1 heterocycles. The molecule has 10 rings (SSSR count). The molecule has 244 valence electrons. The highest BCUT2D eigenvalue weighted by Gasteiger charge is 2.18. The van der Waals surface area contributed by atoms with Crippen LogP contribution in [0.4, 0.5) is 17.1 Å². The maximum absolute atomic E-state index is 2.42. The van der Waals surface area contributed by atoms with Gasteiger partial charge in [0.05, 0.1) is 11.0 Å². The first-order valence-corrected chi connectivity index (χ1v) is 17.8. The van der Waals surface area contributed by atoms with Crippen molar-refractivity contribution in [3.63, 3.8) is 0 Å². The summed E-state index contributed by atoms with van der Waals surface area (Å²) in [4.78, 5) is 2.38. The van der Waals surface area contributed by atoms with E-state index in [1.807, 2.05) is 0 Å². The van der Waals surface area contributed by atoms with E-state index in [1.165, 1.54) is 65.6 Å². The van der Waals surface area contributed by atoms with Crippen molar-refractivity contribution in [2.24, 2.45) is 0 Å². The van der Waals surface area contributed by atoms with Gasteiger partial charge in [0.1, 0.15) is 0 Å². The molecule has 0 saturated carbocycles. The number of rotatable bonds is 6. The summed E-state index contributed by atoms with van der Waals surface area (Å²) in [6.45, 7) is 0. The first-order valence-electron chi connectivity index (χ1n) is 17.8. The molecule has 52 heavy (non-hydrogen) atoms. The number of nitrogens with zero attached hydrogens (tertiary/aromatic N) is 2. The number of para-hydroxylation sites is 1.